The second-order valence-electron chi connectivity index (χ2n) is 5.19. The van der Waals surface area contributed by atoms with Gasteiger partial charge in [-0.05, 0) is 18.2 Å². The molecule has 2 unspecified atom stereocenters. The molecule has 1 aliphatic rings. The standard InChI is InChI=1S/C17H21N3O2/c1-21-16-8-3-2-7-14(16)15(20-17-19-10-11-22-17)12-13-6-4-5-9-18-13/h2-9,15,17,19-20H,10-12H2,1H3. The van der Waals surface area contributed by atoms with E-state index in [1.807, 2.05) is 42.6 Å². The van der Waals surface area contributed by atoms with Crippen molar-refractivity contribution in [2.75, 3.05) is 20.3 Å². The van der Waals surface area contributed by atoms with E-state index in [1.165, 1.54) is 0 Å². The molecule has 1 aromatic heterocycles. The molecular weight excluding hydrogens is 278 g/mol. The molecule has 0 radical (unpaired) electrons. The molecule has 1 fully saturated rings. The third kappa shape index (κ3) is 3.62. The van der Waals surface area contributed by atoms with Crippen LogP contribution in [0.5, 0.6) is 5.75 Å². The Hall–Kier alpha value is -1.95. The third-order valence-electron chi connectivity index (χ3n) is 3.72. The third-order valence-corrected chi connectivity index (χ3v) is 3.72. The zero-order valence-electron chi connectivity index (χ0n) is 12.7. The fourth-order valence-electron chi connectivity index (χ4n) is 2.66. The topological polar surface area (TPSA) is 55.4 Å². The van der Waals surface area contributed by atoms with Crippen LogP contribution in [0.15, 0.2) is 48.7 Å². The van der Waals surface area contributed by atoms with Gasteiger partial charge in [-0.1, -0.05) is 24.3 Å². The van der Waals surface area contributed by atoms with Crippen LogP contribution < -0.4 is 15.4 Å². The predicted molar refractivity (Wildman–Crippen MR) is 84.6 cm³/mol. The van der Waals surface area contributed by atoms with Gasteiger partial charge in [-0.3, -0.25) is 15.6 Å². The van der Waals surface area contributed by atoms with Gasteiger partial charge in [0.25, 0.3) is 0 Å². The first-order valence-electron chi connectivity index (χ1n) is 7.50. The molecule has 5 heteroatoms. The first-order chi connectivity index (χ1) is 10.9. The molecule has 0 saturated carbocycles. The van der Waals surface area contributed by atoms with Crippen molar-refractivity contribution in [3.05, 3.63) is 59.9 Å². The van der Waals surface area contributed by atoms with Gasteiger partial charge < -0.3 is 9.47 Å². The van der Waals surface area contributed by atoms with E-state index in [0.717, 1.165) is 36.6 Å². The van der Waals surface area contributed by atoms with Gasteiger partial charge >= 0.3 is 0 Å². The Morgan fingerprint density at radius 2 is 2.18 bits per heavy atom. The highest BCUT2D eigenvalue weighted by molar-refractivity contribution is 5.36. The SMILES string of the molecule is COc1ccccc1C(Cc1ccccn1)NC1NCCO1. The molecular formula is C17H21N3O2. The zero-order valence-corrected chi connectivity index (χ0v) is 12.7. The van der Waals surface area contributed by atoms with Crippen LogP contribution in [0.4, 0.5) is 0 Å². The van der Waals surface area contributed by atoms with E-state index < -0.39 is 0 Å². The van der Waals surface area contributed by atoms with E-state index in [4.69, 9.17) is 9.47 Å². The Balaban J connectivity index is 1.84. The quantitative estimate of drug-likeness (QED) is 0.853. The minimum Gasteiger partial charge on any atom is -0.496 e. The molecule has 0 amide bonds. The first kappa shape index (κ1) is 15.0. The first-order valence-corrected chi connectivity index (χ1v) is 7.50. The van der Waals surface area contributed by atoms with Crippen LogP contribution in [-0.4, -0.2) is 31.6 Å². The van der Waals surface area contributed by atoms with Gasteiger partial charge in [0.1, 0.15) is 5.75 Å². The van der Waals surface area contributed by atoms with Crippen molar-refractivity contribution in [1.29, 1.82) is 0 Å². The smallest absolute Gasteiger partial charge is 0.164 e. The van der Waals surface area contributed by atoms with Crippen molar-refractivity contribution in [2.24, 2.45) is 0 Å². The molecule has 3 rings (SSSR count). The van der Waals surface area contributed by atoms with Gasteiger partial charge in [-0.2, -0.15) is 0 Å². The van der Waals surface area contributed by atoms with Gasteiger partial charge in [0.15, 0.2) is 6.35 Å². The number of pyridine rings is 1. The van der Waals surface area contributed by atoms with E-state index in [2.05, 4.69) is 21.7 Å². The largest absolute Gasteiger partial charge is 0.496 e. The number of methoxy groups -OCH3 is 1. The maximum atomic E-state index is 5.63. The van der Waals surface area contributed by atoms with Gasteiger partial charge in [0, 0.05) is 36.5 Å². The van der Waals surface area contributed by atoms with E-state index in [1.54, 1.807) is 7.11 Å². The minimum atomic E-state index is -0.140. The van der Waals surface area contributed by atoms with E-state index >= 15 is 0 Å². The fraction of sp³-hybridized carbons (Fsp3) is 0.353. The number of ether oxygens (including phenoxy) is 2. The van der Waals surface area contributed by atoms with Crippen LogP contribution in [0.3, 0.4) is 0 Å². The molecule has 2 N–H and O–H groups in total. The highest BCUT2D eigenvalue weighted by Gasteiger charge is 2.23. The second kappa shape index (κ2) is 7.35. The molecule has 2 atom stereocenters. The molecule has 0 aliphatic carbocycles. The van der Waals surface area contributed by atoms with Crippen LogP contribution in [-0.2, 0) is 11.2 Å². The lowest BCUT2D eigenvalue weighted by atomic mass is 10.0. The molecule has 0 bridgehead atoms. The van der Waals surface area contributed by atoms with E-state index in [9.17, 15) is 0 Å². The van der Waals surface area contributed by atoms with Crippen molar-refractivity contribution in [3.63, 3.8) is 0 Å². The monoisotopic (exact) mass is 299 g/mol. The van der Waals surface area contributed by atoms with Gasteiger partial charge in [0.05, 0.1) is 13.7 Å². The average Bonchev–Trinajstić information content (AvgIpc) is 3.08. The van der Waals surface area contributed by atoms with Crippen molar-refractivity contribution in [2.45, 2.75) is 18.8 Å². The summed E-state index contributed by atoms with van der Waals surface area (Å²) < 4.78 is 11.1. The fourth-order valence-corrected chi connectivity index (χ4v) is 2.66. The normalized spacial score (nSPS) is 19.0. The Labute approximate surface area is 130 Å². The summed E-state index contributed by atoms with van der Waals surface area (Å²) in [6, 6.07) is 14.1. The Morgan fingerprint density at radius 3 is 2.91 bits per heavy atom. The molecule has 116 valence electrons. The number of benzene rings is 1. The van der Waals surface area contributed by atoms with Crippen LogP contribution in [0.1, 0.15) is 17.3 Å². The summed E-state index contributed by atoms with van der Waals surface area (Å²) in [5.74, 6) is 0.869. The van der Waals surface area contributed by atoms with Crippen LogP contribution in [0.25, 0.3) is 0 Å². The predicted octanol–water partition coefficient (Wildman–Crippen LogP) is 1.87. The van der Waals surface area contributed by atoms with Crippen molar-refractivity contribution in [3.8, 4) is 5.75 Å². The number of aromatic nitrogens is 1. The summed E-state index contributed by atoms with van der Waals surface area (Å²) in [6.45, 7) is 1.58. The molecule has 1 aromatic carbocycles. The maximum absolute atomic E-state index is 5.63. The molecule has 1 aliphatic heterocycles. The number of hydrogen-bond donors (Lipinski definition) is 2. The van der Waals surface area contributed by atoms with Gasteiger partial charge in [-0.15, -0.1) is 0 Å². The number of nitrogens with one attached hydrogen (secondary N) is 2. The Bertz CT molecular complexity index is 585. The molecule has 5 nitrogen and oxygen atoms in total. The lowest BCUT2D eigenvalue weighted by Gasteiger charge is -2.24. The van der Waals surface area contributed by atoms with Crippen LogP contribution in [0.2, 0.25) is 0 Å². The Morgan fingerprint density at radius 1 is 1.32 bits per heavy atom. The van der Waals surface area contributed by atoms with Crippen molar-refractivity contribution in [1.82, 2.24) is 15.6 Å². The maximum Gasteiger partial charge on any atom is 0.164 e. The molecule has 0 spiro atoms. The number of hydrogen-bond acceptors (Lipinski definition) is 5. The van der Waals surface area contributed by atoms with Crippen molar-refractivity contribution < 1.29 is 9.47 Å². The molecule has 2 heterocycles. The van der Waals surface area contributed by atoms with Crippen LogP contribution >= 0.6 is 0 Å². The molecule has 1 saturated heterocycles. The number of rotatable bonds is 6. The highest BCUT2D eigenvalue weighted by Crippen LogP contribution is 2.27. The zero-order chi connectivity index (χ0) is 15.2. The summed E-state index contributed by atoms with van der Waals surface area (Å²) in [5.41, 5.74) is 2.14. The number of nitrogens with zero attached hydrogens (tertiary/aromatic N) is 1. The molecule has 2 aromatic rings. The summed E-state index contributed by atoms with van der Waals surface area (Å²) in [5, 5.41) is 6.79. The number of para-hydroxylation sites is 1. The second-order valence-corrected chi connectivity index (χ2v) is 5.19. The minimum absolute atomic E-state index is 0.0571. The Kier molecular flexibility index (Phi) is 5.00. The van der Waals surface area contributed by atoms with Crippen molar-refractivity contribution >= 4 is 0 Å². The van der Waals surface area contributed by atoms with Crippen LogP contribution in [0, 0.1) is 0 Å². The highest BCUT2D eigenvalue weighted by atomic mass is 16.5. The summed E-state index contributed by atoms with van der Waals surface area (Å²) >= 11 is 0. The summed E-state index contributed by atoms with van der Waals surface area (Å²) in [4.78, 5) is 4.43. The van der Waals surface area contributed by atoms with Gasteiger partial charge in [0.2, 0.25) is 0 Å². The van der Waals surface area contributed by atoms with E-state index in [-0.39, 0.29) is 12.4 Å². The summed E-state index contributed by atoms with van der Waals surface area (Å²) in [7, 11) is 1.70. The summed E-state index contributed by atoms with van der Waals surface area (Å²) in [6.07, 6.45) is 2.44. The lowest BCUT2D eigenvalue weighted by molar-refractivity contribution is 0.0624. The molecule has 22 heavy (non-hydrogen) atoms. The average molecular weight is 299 g/mol. The van der Waals surface area contributed by atoms with E-state index in [0.29, 0.717) is 0 Å². The van der Waals surface area contributed by atoms with Gasteiger partial charge in [-0.25, -0.2) is 0 Å². The lowest BCUT2D eigenvalue weighted by Crippen LogP contribution is -2.41.